The quantitative estimate of drug-likeness (QED) is 0.560. The zero-order valence-electron chi connectivity index (χ0n) is 12.2. The van der Waals surface area contributed by atoms with Gasteiger partial charge >= 0.3 is 0 Å². The van der Waals surface area contributed by atoms with Crippen LogP contribution in [0.5, 0.6) is 0 Å². The van der Waals surface area contributed by atoms with Gasteiger partial charge in [-0.3, -0.25) is 0 Å². The standard InChI is InChI=1S/C17H12F4N2O/c18-13-15(14(19)17(21)23-16(13)20)22-8-12(24)11-6-5-9-3-1-2-4-10(9)7-11/h1-7,12,24H,8H2,(H,22,23). The predicted octanol–water partition coefficient (Wildman–Crippen LogP) is 3.94. The molecule has 0 radical (unpaired) electrons. The number of hydrogen-bond donors (Lipinski definition) is 2. The first-order valence-corrected chi connectivity index (χ1v) is 7.08. The van der Waals surface area contributed by atoms with Crippen molar-refractivity contribution in [2.75, 3.05) is 11.9 Å². The van der Waals surface area contributed by atoms with E-state index in [2.05, 4.69) is 10.3 Å². The summed E-state index contributed by atoms with van der Waals surface area (Å²) in [4.78, 5) is 2.47. The Balaban J connectivity index is 1.81. The highest BCUT2D eigenvalue weighted by Crippen LogP contribution is 2.24. The van der Waals surface area contributed by atoms with Crippen LogP contribution in [0, 0.1) is 23.5 Å². The van der Waals surface area contributed by atoms with Crippen LogP contribution in [0.3, 0.4) is 0 Å². The molecule has 1 atom stereocenters. The third-order valence-corrected chi connectivity index (χ3v) is 3.63. The summed E-state index contributed by atoms with van der Waals surface area (Å²) in [6, 6.07) is 12.6. The number of nitrogens with zero attached hydrogens (tertiary/aromatic N) is 1. The van der Waals surface area contributed by atoms with E-state index in [-0.39, 0.29) is 6.54 Å². The normalized spacial score (nSPS) is 12.4. The fourth-order valence-electron chi connectivity index (χ4n) is 2.37. The highest BCUT2D eigenvalue weighted by Gasteiger charge is 2.21. The number of aliphatic hydroxyl groups excluding tert-OH is 1. The number of hydrogen-bond acceptors (Lipinski definition) is 3. The zero-order valence-corrected chi connectivity index (χ0v) is 12.2. The molecule has 0 aliphatic rings. The van der Waals surface area contributed by atoms with Gasteiger partial charge in [-0.05, 0) is 22.4 Å². The van der Waals surface area contributed by atoms with E-state index in [9.17, 15) is 22.7 Å². The molecule has 3 nitrogen and oxygen atoms in total. The molecule has 2 aromatic carbocycles. The van der Waals surface area contributed by atoms with E-state index >= 15 is 0 Å². The van der Waals surface area contributed by atoms with Crippen molar-refractivity contribution in [1.82, 2.24) is 4.98 Å². The number of fused-ring (bicyclic) bond motifs is 1. The highest BCUT2D eigenvalue weighted by atomic mass is 19.2. The Morgan fingerprint density at radius 1 is 0.917 bits per heavy atom. The molecule has 7 heteroatoms. The third kappa shape index (κ3) is 3.03. The summed E-state index contributed by atoms with van der Waals surface area (Å²) in [6.45, 7) is -0.338. The fourth-order valence-corrected chi connectivity index (χ4v) is 2.37. The van der Waals surface area contributed by atoms with Crippen molar-refractivity contribution >= 4 is 16.5 Å². The fraction of sp³-hybridized carbons (Fsp3) is 0.118. The Bertz CT molecular complexity index is 875. The maximum absolute atomic E-state index is 13.5. The van der Waals surface area contributed by atoms with E-state index in [1.807, 2.05) is 24.3 Å². The minimum atomic E-state index is -1.75. The second-order valence-corrected chi connectivity index (χ2v) is 5.20. The lowest BCUT2D eigenvalue weighted by Gasteiger charge is -2.15. The van der Waals surface area contributed by atoms with Crippen molar-refractivity contribution in [3.63, 3.8) is 0 Å². The molecule has 0 spiro atoms. The molecule has 124 valence electrons. The van der Waals surface area contributed by atoms with Crippen molar-refractivity contribution in [2.45, 2.75) is 6.10 Å². The first kappa shape index (κ1) is 16.2. The molecule has 0 aliphatic carbocycles. The average molecular weight is 336 g/mol. The van der Waals surface area contributed by atoms with Crippen LogP contribution in [0.25, 0.3) is 10.8 Å². The van der Waals surface area contributed by atoms with Gasteiger partial charge in [-0.25, -0.2) is 0 Å². The molecule has 1 aromatic heterocycles. The van der Waals surface area contributed by atoms with Crippen LogP contribution >= 0.6 is 0 Å². The van der Waals surface area contributed by atoms with Crippen molar-refractivity contribution in [2.24, 2.45) is 0 Å². The topological polar surface area (TPSA) is 45.1 Å². The number of aliphatic hydroxyl groups is 1. The van der Waals surface area contributed by atoms with Crippen molar-refractivity contribution in [1.29, 1.82) is 0 Å². The van der Waals surface area contributed by atoms with E-state index in [0.717, 1.165) is 10.8 Å². The summed E-state index contributed by atoms with van der Waals surface area (Å²) >= 11 is 0. The van der Waals surface area contributed by atoms with Gasteiger partial charge in [-0.2, -0.15) is 22.5 Å². The second kappa shape index (κ2) is 6.45. The molecule has 1 unspecified atom stereocenters. The summed E-state index contributed by atoms with van der Waals surface area (Å²) in [5, 5.41) is 14.2. The van der Waals surface area contributed by atoms with Crippen molar-refractivity contribution < 1.29 is 22.7 Å². The molecule has 2 N–H and O–H groups in total. The highest BCUT2D eigenvalue weighted by molar-refractivity contribution is 5.83. The number of rotatable bonds is 4. The van der Waals surface area contributed by atoms with Gasteiger partial charge in [-0.1, -0.05) is 36.4 Å². The van der Waals surface area contributed by atoms with E-state index in [4.69, 9.17) is 0 Å². The first-order valence-electron chi connectivity index (χ1n) is 7.08. The molecule has 3 rings (SSSR count). The van der Waals surface area contributed by atoms with Crippen LogP contribution in [0.15, 0.2) is 42.5 Å². The zero-order chi connectivity index (χ0) is 17.3. The van der Waals surface area contributed by atoms with E-state index < -0.39 is 35.3 Å². The SMILES string of the molecule is OC(CNc1c(F)c(F)nc(F)c1F)c1ccc2ccccc2c1. The lowest BCUT2D eigenvalue weighted by molar-refractivity contribution is 0.191. The van der Waals surface area contributed by atoms with E-state index in [1.54, 1.807) is 18.2 Å². The molecule has 0 amide bonds. The average Bonchev–Trinajstić information content (AvgIpc) is 2.59. The van der Waals surface area contributed by atoms with Crippen LogP contribution in [-0.4, -0.2) is 16.6 Å². The molecule has 0 saturated carbocycles. The Morgan fingerprint density at radius 2 is 1.54 bits per heavy atom. The number of halogens is 4. The summed E-state index contributed by atoms with van der Waals surface area (Å²) in [5.41, 5.74) is -0.503. The lowest BCUT2D eigenvalue weighted by Crippen LogP contribution is -2.16. The number of benzene rings is 2. The van der Waals surface area contributed by atoms with E-state index in [1.165, 1.54) is 0 Å². The molecular formula is C17H12F4N2O. The summed E-state index contributed by atoms with van der Waals surface area (Å²) < 4.78 is 53.1. The van der Waals surface area contributed by atoms with Gasteiger partial charge in [-0.15, -0.1) is 0 Å². The Kier molecular flexibility index (Phi) is 4.35. The van der Waals surface area contributed by atoms with Gasteiger partial charge < -0.3 is 10.4 Å². The molecule has 1 heterocycles. The van der Waals surface area contributed by atoms with Gasteiger partial charge in [0.05, 0.1) is 6.10 Å². The number of aromatic nitrogens is 1. The van der Waals surface area contributed by atoms with Crippen LogP contribution in [0.4, 0.5) is 23.2 Å². The smallest absolute Gasteiger partial charge is 0.253 e. The molecule has 0 aliphatic heterocycles. The summed E-state index contributed by atoms with van der Waals surface area (Å²) in [6.07, 6.45) is -1.13. The van der Waals surface area contributed by atoms with E-state index in [0.29, 0.717) is 5.56 Å². The summed E-state index contributed by atoms with van der Waals surface area (Å²) in [7, 11) is 0. The Morgan fingerprint density at radius 3 is 2.21 bits per heavy atom. The van der Waals surface area contributed by atoms with Crippen molar-refractivity contribution in [3.05, 3.63) is 71.6 Å². The number of pyridine rings is 1. The van der Waals surface area contributed by atoms with Gasteiger partial charge in [0.15, 0.2) is 0 Å². The Labute approximate surface area is 134 Å². The van der Waals surface area contributed by atoms with Crippen molar-refractivity contribution in [3.8, 4) is 0 Å². The number of anilines is 1. The Hall–Kier alpha value is -2.67. The molecule has 0 saturated heterocycles. The molecule has 3 aromatic rings. The maximum atomic E-state index is 13.5. The maximum Gasteiger partial charge on any atom is 0.253 e. The minimum absolute atomic E-state index is 0.338. The van der Waals surface area contributed by atoms with Crippen LogP contribution in [-0.2, 0) is 0 Å². The predicted molar refractivity (Wildman–Crippen MR) is 81.5 cm³/mol. The largest absolute Gasteiger partial charge is 0.387 e. The van der Waals surface area contributed by atoms with Crippen LogP contribution < -0.4 is 5.32 Å². The van der Waals surface area contributed by atoms with Gasteiger partial charge in [0, 0.05) is 6.54 Å². The van der Waals surface area contributed by atoms with Gasteiger partial charge in [0.2, 0.25) is 11.6 Å². The molecule has 0 fully saturated rings. The first-order chi connectivity index (χ1) is 11.5. The third-order valence-electron chi connectivity index (χ3n) is 3.63. The molecular weight excluding hydrogens is 324 g/mol. The summed E-state index contributed by atoms with van der Waals surface area (Å²) in [5.74, 6) is -6.78. The van der Waals surface area contributed by atoms with Gasteiger partial charge in [0.1, 0.15) is 5.69 Å². The number of nitrogens with one attached hydrogen (secondary N) is 1. The molecule has 0 bridgehead atoms. The van der Waals surface area contributed by atoms with Crippen LogP contribution in [0.2, 0.25) is 0 Å². The minimum Gasteiger partial charge on any atom is -0.387 e. The monoisotopic (exact) mass is 336 g/mol. The van der Waals surface area contributed by atoms with Gasteiger partial charge in [0.25, 0.3) is 11.9 Å². The van der Waals surface area contributed by atoms with Crippen LogP contribution in [0.1, 0.15) is 11.7 Å². The second-order valence-electron chi connectivity index (χ2n) is 5.20. The molecule has 24 heavy (non-hydrogen) atoms. The lowest BCUT2D eigenvalue weighted by atomic mass is 10.0.